The van der Waals surface area contributed by atoms with E-state index in [0.29, 0.717) is 17.3 Å². The molecule has 4 heteroatoms. The molecule has 0 unspecified atom stereocenters. The molecule has 1 heterocycles. The average Bonchev–Trinajstić information content (AvgIpc) is 2.65. The van der Waals surface area contributed by atoms with Crippen LogP contribution >= 0.6 is 0 Å². The molecule has 1 aromatic heterocycles. The van der Waals surface area contributed by atoms with Crippen LogP contribution in [0.15, 0.2) is 53.3 Å². The van der Waals surface area contributed by atoms with Crippen LogP contribution < -0.4 is 10.9 Å². The molecule has 4 nitrogen and oxygen atoms in total. The maximum absolute atomic E-state index is 12.4. The van der Waals surface area contributed by atoms with Gasteiger partial charge in [0.15, 0.2) is 5.82 Å². The van der Waals surface area contributed by atoms with Crippen LogP contribution in [0.5, 0.6) is 0 Å². The first kappa shape index (κ1) is 20.3. The second-order valence-electron chi connectivity index (χ2n) is 9.09. The van der Waals surface area contributed by atoms with Crippen LogP contribution in [0.2, 0.25) is 0 Å². The van der Waals surface area contributed by atoms with E-state index < -0.39 is 0 Å². The van der Waals surface area contributed by atoms with Gasteiger partial charge < -0.3 is 10.3 Å². The van der Waals surface area contributed by atoms with Crippen molar-refractivity contribution in [2.45, 2.75) is 59.0 Å². The van der Waals surface area contributed by atoms with E-state index in [9.17, 15) is 4.79 Å². The van der Waals surface area contributed by atoms with E-state index in [-0.39, 0.29) is 17.0 Å². The van der Waals surface area contributed by atoms with Crippen molar-refractivity contribution in [2.75, 3.05) is 0 Å². The molecule has 0 fully saturated rings. The molecular formula is C24H32N3O+. The molecule has 0 aliphatic rings. The molecule has 3 N–H and O–H groups in total. The standard InChI is InChI=1S/C24H31N3O/c1-15(2)21(17-11-13-18(14-12-17)24(4,5)6)25-16(3)22-26-20-10-8-7-9-19(20)23(28)27-22/h7-16,21,25H,1-6H3,(H,26,27,28)/p+1/t16-,21-/m0/s1. The summed E-state index contributed by atoms with van der Waals surface area (Å²) >= 11 is 0. The number of para-hydroxylation sites is 1. The van der Waals surface area contributed by atoms with Crippen molar-refractivity contribution in [2.24, 2.45) is 5.92 Å². The van der Waals surface area contributed by atoms with Crippen LogP contribution in [0.1, 0.15) is 70.6 Å². The summed E-state index contributed by atoms with van der Waals surface area (Å²) in [5.41, 5.74) is 3.47. The number of aromatic amines is 1. The Morgan fingerprint density at radius 3 is 2.21 bits per heavy atom. The zero-order valence-corrected chi connectivity index (χ0v) is 17.8. The topological polar surface area (TPSA) is 62.4 Å². The van der Waals surface area contributed by atoms with Crippen molar-refractivity contribution in [3.63, 3.8) is 0 Å². The second kappa shape index (κ2) is 7.88. The lowest BCUT2D eigenvalue weighted by Crippen LogP contribution is -2.87. The van der Waals surface area contributed by atoms with Crippen molar-refractivity contribution in [1.29, 1.82) is 0 Å². The van der Waals surface area contributed by atoms with Gasteiger partial charge in [-0.2, -0.15) is 0 Å². The van der Waals surface area contributed by atoms with Gasteiger partial charge in [-0.15, -0.1) is 0 Å². The first-order valence-corrected chi connectivity index (χ1v) is 10.1. The SMILES string of the molecule is CC(C)[C@H]([NH2+][C@@H](C)c1nc2ccccc2c(=O)[nH]1)c1ccc(C(C)(C)C)cc1. The number of quaternary nitrogens is 1. The molecule has 148 valence electrons. The highest BCUT2D eigenvalue weighted by molar-refractivity contribution is 5.77. The largest absolute Gasteiger partial charge is 0.331 e. The van der Waals surface area contributed by atoms with Crippen molar-refractivity contribution in [3.8, 4) is 0 Å². The Hall–Kier alpha value is -2.46. The molecule has 3 rings (SSSR count). The van der Waals surface area contributed by atoms with Crippen LogP contribution in [0.4, 0.5) is 0 Å². The molecule has 3 aromatic rings. The summed E-state index contributed by atoms with van der Waals surface area (Å²) in [6.45, 7) is 13.3. The van der Waals surface area contributed by atoms with E-state index >= 15 is 0 Å². The Morgan fingerprint density at radius 1 is 0.964 bits per heavy atom. The van der Waals surface area contributed by atoms with Crippen molar-refractivity contribution in [3.05, 3.63) is 75.8 Å². The number of nitrogens with zero attached hydrogens (tertiary/aromatic N) is 1. The highest BCUT2D eigenvalue weighted by atomic mass is 16.1. The third-order valence-electron chi connectivity index (χ3n) is 5.44. The molecule has 0 saturated carbocycles. The molecule has 0 radical (unpaired) electrons. The number of nitrogens with one attached hydrogen (secondary N) is 1. The van der Waals surface area contributed by atoms with Crippen molar-refractivity contribution >= 4 is 10.9 Å². The number of H-pyrrole nitrogens is 1. The molecule has 2 atom stereocenters. The fraction of sp³-hybridized carbons (Fsp3) is 0.417. The minimum absolute atomic E-state index is 0.0481. The zero-order valence-electron chi connectivity index (χ0n) is 17.8. The molecule has 0 aliphatic heterocycles. The quantitative estimate of drug-likeness (QED) is 0.697. The molecule has 28 heavy (non-hydrogen) atoms. The highest BCUT2D eigenvalue weighted by Crippen LogP contribution is 2.25. The summed E-state index contributed by atoms with van der Waals surface area (Å²) in [6, 6.07) is 16.8. The van der Waals surface area contributed by atoms with Crippen molar-refractivity contribution < 1.29 is 5.32 Å². The van der Waals surface area contributed by atoms with Crippen LogP contribution in [0, 0.1) is 5.92 Å². The van der Waals surface area contributed by atoms with Gasteiger partial charge in [-0.05, 0) is 30.0 Å². The Balaban J connectivity index is 1.87. The maximum atomic E-state index is 12.4. The third-order valence-corrected chi connectivity index (χ3v) is 5.44. The number of aromatic nitrogens is 2. The minimum Gasteiger partial charge on any atom is -0.331 e. The highest BCUT2D eigenvalue weighted by Gasteiger charge is 2.25. The number of nitrogens with two attached hydrogens (primary N) is 1. The zero-order chi connectivity index (χ0) is 20.5. The molecule has 0 amide bonds. The predicted octanol–water partition coefficient (Wildman–Crippen LogP) is 4.24. The summed E-state index contributed by atoms with van der Waals surface area (Å²) in [4.78, 5) is 20.1. The van der Waals surface area contributed by atoms with E-state index in [1.807, 2.05) is 24.3 Å². The van der Waals surface area contributed by atoms with Gasteiger partial charge >= 0.3 is 0 Å². The average molecular weight is 379 g/mol. The van der Waals surface area contributed by atoms with Gasteiger partial charge in [-0.1, -0.05) is 71.0 Å². The van der Waals surface area contributed by atoms with Gasteiger partial charge in [0.05, 0.1) is 10.9 Å². The number of benzene rings is 2. The monoisotopic (exact) mass is 378 g/mol. The van der Waals surface area contributed by atoms with Gasteiger partial charge in [0, 0.05) is 11.5 Å². The summed E-state index contributed by atoms with van der Waals surface area (Å²) in [5.74, 6) is 1.18. The molecule has 0 saturated heterocycles. The Labute approximate surface area is 167 Å². The van der Waals surface area contributed by atoms with Crippen LogP contribution in [0.3, 0.4) is 0 Å². The Bertz CT molecular complexity index is 997. The lowest BCUT2D eigenvalue weighted by Gasteiger charge is -2.25. The van der Waals surface area contributed by atoms with Crippen molar-refractivity contribution in [1.82, 2.24) is 9.97 Å². The van der Waals surface area contributed by atoms with Gasteiger partial charge in [-0.3, -0.25) is 4.79 Å². The first-order valence-electron chi connectivity index (χ1n) is 10.1. The van der Waals surface area contributed by atoms with Gasteiger partial charge in [-0.25, -0.2) is 4.98 Å². The van der Waals surface area contributed by atoms with E-state index in [4.69, 9.17) is 4.98 Å². The molecular weight excluding hydrogens is 346 g/mol. The van der Waals surface area contributed by atoms with E-state index in [1.54, 1.807) is 0 Å². The van der Waals surface area contributed by atoms with Crippen LogP contribution in [-0.2, 0) is 5.41 Å². The number of hydrogen-bond donors (Lipinski definition) is 2. The second-order valence-corrected chi connectivity index (χ2v) is 9.09. The van der Waals surface area contributed by atoms with Gasteiger partial charge in [0.25, 0.3) is 5.56 Å². The number of hydrogen-bond acceptors (Lipinski definition) is 2. The summed E-state index contributed by atoms with van der Waals surface area (Å²) < 4.78 is 0. The summed E-state index contributed by atoms with van der Waals surface area (Å²) in [5, 5.41) is 2.95. The fourth-order valence-corrected chi connectivity index (χ4v) is 3.65. The lowest BCUT2D eigenvalue weighted by atomic mass is 9.85. The van der Waals surface area contributed by atoms with E-state index in [1.165, 1.54) is 11.1 Å². The first-order chi connectivity index (χ1) is 13.2. The van der Waals surface area contributed by atoms with Crippen LogP contribution in [0.25, 0.3) is 10.9 Å². The van der Waals surface area contributed by atoms with Gasteiger partial charge in [0.2, 0.25) is 0 Å². The summed E-state index contributed by atoms with van der Waals surface area (Å²) in [6.07, 6.45) is 0. The molecule has 0 aliphatic carbocycles. The minimum atomic E-state index is -0.0727. The normalized spacial score (nSPS) is 14.4. The smallest absolute Gasteiger partial charge is 0.258 e. The van der Waals surface area contributed by atoms with E-state index in [2.05, 4.69) is 76.1 Å². The Kier molecular flexibility index (Phi) is 5.71. The Morgan fingerprint density at radius 2 is 1.61 bits per heavy atom. The maximum Gasteiger partial charge on any atom is 0.258 e. The third kappa shape index (κ3) is 4.33. The lowest BCUT2D eigenvalue weighted by molar-refractivity contribution is -0.738. The molecule has 0 spiro atoms. The number of fused-ring (bicyclic) bond motifs is 1. The molecule has 0 bridgehead atoms. The fourth-order valence-electron chi connectivity index (χ4n) is 3.65. The number of rotatable bonds is 5. The van der Waals surface area contributed by atoms with E-state index in [0.717, 1.165) is 11.3 Å². The van der Waals surface area contributed by atoms with Crippen LogP contribution in [-0.4, -0.2) is 9.97 Å². The molecule has 2 aromatic carbocycles. The van der Waals surface area contributed by atoms with Gasteiger partial charge in [0.1, 0.15) is 12.1 Å². The summed E-state index contributed by atoms with van der Waals surface area (Å²) in [7, 11) is 0. The predicted molar refractivity (Wildman–Crippen MR) is 115 cm³/mol.